The molecule has 0 saturated heterocycles. The number of carbonyl (C=O) groups excluding carboxylic acids is 1. The Kier molecular flexibility index (Phi) is 6.88. The number of nitrogens with zero attached hydrogens (tertiary/aromatic N) is 3. The van der Waals surface area contributed by atoms with Gasteiger partial charge in [0.2, 0.25) is 0 Å². The third-order valence-electron chi connectivity index (χ3n) is 8.51. The number of benzene rings is 5. The van der Waals surface area contributed by atoms with Crippen molar-refractivity contribution in [2.45, 2.75) is 12.1 Å². The molecule has 1 aliphatic heterocycles. The van der Waals surface area contributed by atoms with Gasteiger partial charge in [0.25, 0.3) is 0 Å². The Morgan fingerprint density at radius 1 is 0.783 bits per heavy atom. The van der Waals surface area contributed by atoms with Gasteiger partial charge < -0.3 is 14.0 Å². The minimum Gasteiger partial charge on any atom is -0.473 e. The number of pyridine rings is 1. The largest absolute Gasteiger partial charge is 0.473 e. The normalized spacial score (nSPS) is 13.3. The molecule has 8 rings (SSSR count). The molecular formula is C40H29N3O3. The van der Waals surface area contributed by atoms with Crippen LogP contribution in [0, 0.1) is 0 Å². The zero-order chi connectivity index (χ0) is 30.9. The molecule has 0 amide bonds. The number of carbonyl (C=O) groups is 1. The molecule has 0 radical (unpaired) electrons. The highest BCUT2D eigenvalue weighted by Gasteiger charge is 2.37. The fraction of sp³-hybridized carbons (Fsp3) is 0.0750. The highest BCUT2D eigenvalue weighted by molar-refractivity contribution is 5.99. The van der Waals surface area contributed by atoms with Gasteiger partial charge in [0.15, 0.2) is 11.4 Å². The number of aromatic nitrogens is 3. The van der Waals surface area contributed by atoms with E-state index in [0.29, 0.717) is 12.1 Å². The number of para-hydroxylation sites is 2. The molecule has 0 unspecified atom stereocenters. The van der Waals surface area contributed by atoms with Gasteiger partial charge in [0.05, 0.1) is 23.1 Å². The first-order chi connectivity index (χ1) is 22.7. The lowest BCUT2D eigenvalue weighted by molar-refractivity contribution is 0.0493. The lowest BCUT2D eigenvalue weighted by atomic mass is 9.83. The second kappa shape index (κ2) is 11.5. The van der Waals surface area contributed by atoms with Gasteiger partial charge in [0, 0.05) is 22.9 Å². The third kappa shape index (κ3) is 4.81. The van der Waals surface area contributed by atoms with Gasteiger partial charge in [-0.15, -0.1) is 0 Å². The second-order valence-electron chi connectivity index (χ2n) is 11.2. The molecule has 0 aliphatic carbocycles. The smallest absolute Gasteiger partial charge is 0.338 e. The molecule has 0 fully saturated rings. The summed E-state index contributed by atoms with van der Waals surface area (Å²) < 4.78 is 14.7. The van der Waals surface area contributed by atoms with Crippen LogP contribution in [-0.4, -0.2) is 27.1 Å². The first-order valence-electron chi connectivity index (χ1n) is 15.3. The van der Waals surface area contributed by atoms with E-state index in [2.05, 4.69) is 46.0 Å². The molecule has 0 bridgehead atoms. The van der Waals surface area contributed by atoms with Crippen molar-refractivity contribution < 1.29 is 14.3 Å². The molecular weight excluding hydrogens is 570 g/mol. The SMILES string of the molecule is O=C(OCCn1c(-c2ccccn2)nc2ccccc21)c1ccc2c3c(ccc2c1)OC(c1ccccc1)(c1ccccc1)C=C3. The van der Waals surface area contributed by atoms with Crippen molar-refractivity contribution in [2.75, 3.05) is 6.61 Å². The summed E-state index contributed by atoms with van der Waals surface area (Å²) in [7, 11) is 0. The molecule has 5 aromatic carbocycles. The van der Waals surface area contributed by atoms with E-state index in [1.54, 1.807) is 6.20 Å². The van der Waals surface area contributed by atoms with Crippen LogP contribution in [0.2, 0.25) is 0 Å². The predicted molar refractivity (Wildman–Crippen MR) is 181 cm³/mol. The van der Waals surface area contributed by atoms with Crippen LogP contribution < -0.4 is 4.74 Å². The van der Waals surface area contributed by atoms with E-state index in [1.807, 2.05) is 109 Å². The molecule has 222 valence electrons. The molecule has 0 N–H and O–H groups in total. The number of imidazole rings is 1. The number of fused-ring (bicyclic) bond motifs is 4. The van der Waals surface area contributed by atoms with Crippen molar-refractivity contribution >= 4 is 33.9 Å². The molecule has 7 aromatic rings. The Bertz CT molecular complexity index is 2190. The Morgan fingerprint density at radius 2 is 1.52 bits per heavy atom. The van der Waals surface area contributed by atoms with Crippen LogP contribution in [0.1, 0.15) is 27.0 Å². The summed E-state index contributed by atoms with van der Waals surface area (Å²) in [5, 5.41) is 1.94. The maximum absolute atomic E-state index is 13.2. The molecule has 0 atom stereocenters. The first-order valence-corrected chi connectivity index (χ1v) is 15.3. The Morgan fingerprint density at radius 3 is 2.28 bits per heavy atom. The Hall–Kier alpha value is -6.01. The summed E-state index contributed by atoms with van der Waals surface area (Å²) in [4.78, 5) is 22.5. The van der Waals surface area contributed by atoms with Crippen LogP contribution in [-0.2, 0) is 16.9 Å². The minimum absolute atomic E-state index is 0.193. The van der Waals surface area contributed by atoms with Crippen LogP contribution in [0.25, 0.3) is 39.4 Å². The lowest BCUT2D eigenvalue weighted by Crippen LogP contribution is -2.34. The lowest BCUT2D eigenvalue weighted by Gasteiger charge is -2.36. The number of esters is 1. The van der Waals surface area contributed by atoms with E-state index in [9.17, 15) is 4.79 Å². The van der Waals surface area contributed by atoms with Crippen molar-refractivity contribution in [2.24, 2.45) is 0 Å². The fourth-order valence-corrected chi connectivity index (χ4v) is 6.28. The maximum atomic E-state index is 13.2. The quantitative estimate of drug-likeness (QED) is 0.172. The zero-order valence-corrected chi connectivity index (χ0v) is 24.9. The summed E-state index contributed by atoms with van der Waals surface area (Å²) >= 11 is 0. The second-order valence-corrected chi connectivity index (χ2v) is 11.2. The fourth-order valence-electron chi connectivity index (χ4n) is 6.28. The van der Waals surface area contributed by atoms with E-state index >= 15 is 0 Å². The average Bonchev–Trinajstić information content (AvgIpc) is 3.50. The molecule has 6 heteroatoms. The number of hydrogen-bond donors (Lipinski definition) is 0. The van der Waals surface area contributed by atoms with Crippen LogP contribution >= 0.6 is 0 Å². The maximum Gasteiger partial charge on any atom is 0.338 e. The topological polar surface area (TPSA) is 66.2 Å². The molecule has 6 nitrogen and oxygen atoms in total. The standard InChI is InChI=1S/C40H29N3O3/c44-39(45-26-25-43-36-17-8-7-15-34(36)42-38(43)35-16-9-10-24-41-35)29-18-20-32-28(27-29)19-21-37-33(32)22-23-40(46-37,30-11-3-1-4-12-30)31-13-5-2-6-14-31/h1-24,27H,25-26H2. The molecule has 0 spiro atoms. The number of hydrogen-bond acceptors (Lipinski definition) is 5. The van der Waals surface area contributed by atoms with Crippen LogP contribution in [0.4, 0.5) is 0 Å². The van der Waals surface area contributed by atoms with Crippen molar-refractivity contribution in [3.8, 4) is 17.3 Å². The minimum atomic E-state index is -0.746. The number of rotatable bonds is 7. The zero-order valence-electron chi connectivity index (χ0n) is 24.9. The summed E-state index contributed by atoms with van der Waals surface area (Å²) in [6.07, 6.45) is 6.01. The van der Waals surface area contributed by atoms with Crippen LogP contribution in [0.5, 0.6) is 5.75 Å². The summed E-state index contributed by atoms with van der Waals surface area (Å²) in [6.45, 7) is 0.644. The molecule has 3 heterocycles. The Labute approximate surface area is 266 Å². The highest BCUT2D eigenvalue weighted by atomic mass is 16.5. The van der Waals surface area contributed by atoms with Gasteiger partial charge in [-0.1, -0.05) is 91.0 Å². The van der Waals surface area contributed by atoms with Gasteiger partial charge in [-0.3, -0.25) is 4.98 Å². The predicted octanol–water partition coefficient (Wildman–Crippen LogP) is 8.46. The molecule has 1 aliphatic rings. The van der Waals surface area contributed by atoms with Crippen LogP contribution in [0.3, 0.4) is 0 Å². The molecule has 0 saturated carbocycles. The van der Waals surface area contributed by atoms with E-state index in [4.69, 9.17) is 14.5 Å². The summed E-state index contributed by atoms with van der Waals surface area (Å²) in [6, 6.07) is 43.9. The van der Waals surface area contributed by atoms with E-state index < -0.39 is 5.60 Å². The van der Waals surface area contributed by atoms with Crippen molar-refractivity contribution in [3.05, 3.63) is 168 Å². The van der Waals surface area contributed by atoms with Gasteiger partial charge in [-0.2, -0.15) is 0 Å². The number of ether oxygens (including phenoxy) is 2. The average molecular weight is 600 g/mol. The third-order valence-corrected chi connectivity index (χ3v) is 8.51. The Balaban J connectivity index is 1.04. The van der Waals surface area contributed by atoms with Gasteiger partial charge in [-0.05, 0) is 65.4 Å². The van der Waals surface area contributed by atoms with Gasteiger partial charge in [0.1, 0.15) is 18.1 Å². The van der Waals surface area contributed by atoms with Crippen molar-refractivity contribution in [1.29, 1.82) is 0 Å². The highest BCUT2D eigenvalue weighted by Crippen LogP contribution is 2.44. The van der Waals surface area contributed by atoms with Gasteiger partial charge in [-0.25, -0.2) is 9.78 Å². The van der Waals surface area contributed by atoms with Crippen LogP contribution in [0.15, 0.2) is 146 Å². The van der Waals surface area contributed by atoms with Crippen molar-refractivity contribution in [1.82, 2.24) is 14.5 Å². The molecule has 2 aromatic heterocycles. The van der Waals surface area contributed by atoms with E-state index in [0.717, 1.165) is 55.8 Å². The molecule has 46 heavy (non-hydrogen) atoms. The van der Waals surface area contributed by atoms with Crippen molar-refractivity contribution in [3.63, 3.8) is 0 Å². The summed E-state index contributed by atoms with van der Waals surface area (Å²) in [5.41, 5.74) is 5.44. The summed E-state index contributed by atoms with van der Waals surface area (Å²) in [5.74, 6) is 1.16. The van der Waals surface area contributed by atoms with E-state index in [1.165, 1.54) is 0 Å². The van der Waals surface area contributed by atoms with Gasteiger partial charge >= 0.3 is 5.97 Å². The van der Waals surface area contributed by atoms with E-state index in [-0.39, 0.29) is 12.6 Å². The monoisotopic (exact) mass is 599 g/mol. The first kappa shape index (κ1) is 27.5.